The first-order valence-electron chi connectivity index (χ1n) is 6.57. The van der Waals surface area contributed by atoms with Crippen LogP contribution in [0.2, 0.25) is 0 Å². The molecule has 0 aliphatic rings. The number of nitrogens with zero attached hydrogens (tertiary/aromatic N) is 2. The molecular formula is C14H12N4O4S. The summed E-state index contributed by atoms with van der Waals surface area (Å²) in [5.74, 6) is 0. The molecular weight excluding hydrogens is 320 g/mol. The first-order valence-corrected chi connectivity index (χ1v) is 7.38. The average Bonchev–Trinajstić information content (AvgIpc) is 3.04. The van der Waals surface area contributed by atoms with Crippen LogP contribution < -0.4 is 10.5 Å². The van der Waals surface area contributed by atoms with Gasteiger partial charge in [0.2, 0.25) is 0 Å². The average molecular weight is 332 g/mol. The Morgan fingerprint density at radius 1 is 0.739 bits per heavy atom. The first kappa shape index (κ1) is 15.6. The Bertz CT molecular complexity index is 756. The molecule has 9 heteroatoms. The van der Waals surface area contributed by atoms with Crippen LogP contribution in [0.5, 0.6) is 0 Å². The van der Waals surface area contributed by atoms with Crippen LogP contribution in [0.4, 0.5) is 11.4 Å². The predicted octanol–water partition coefficient (Wildman–Crippen LogP) is 0.679. The van der Waals surface area contributed by atoms with Crippen molar-refractivity contribution < 1.29 is 20.9 Å². The second-order valence-electron chi connectivity index (χ2n) is 4.61. The number of hydrogen-bond acceptors (Lipinski definition) is 7. The summed E-state index contributed by atoms with van der Waals surface area (Å²) < 4.78 is 0. The molecule has 0 saturated heterocycles. The summed E-state index contributed by atoms with van der Waals surface area (Å²) in [4.78, 5) is 0. The molecule has 0 saturated carbocycles. The minimum absolute atomic E-state index is 0.127. The van der Waals surface area contributed by atoms with Gasteiger partial charge in [-0.1, -0.05) is 35.6 Å². The minimum atomic E-state index is -1.05. The van der Waals surface area contributed by atoms with Crippen LogP contribution in [0.15, 0.2) is 48.5 Å². The molecule has 0 radical (unpaired) electrons. The summed E-state index contributed by atoms with van der Waals surface area (Å²) in [6.07, 6.45) is 0. The third kappa shape index (κ3) is 3.11. The number of rotatable bonds is 4. The van der Waals surface area contributed by atoms with Gasteiger partial charge in [0.15, 0.2) is 21.4 Å². The van der Waals surface area contributed by atoms with Gasteiger partial charge in [0.05, 0.1) is 11.1 Å². The van der Waals surface area contributed by atoms with E-state index < -0.39 is 10.5 Å². The molecule has 118 valence electrons. The van der Waals surface area contributed by atoms with Crippen molar-refractivity contribution in [3.63, 3.8) is 0 Å². The summed E-state index contributed by atoms with van der Waals surface area (Å²) in [6, 6.07) is 13.0. The molecule has 23 heavy (non-hydrogen) atoms. The molecule has 8 nitrogen and oxygen atoms in total. The monoisotopic (exact) mass is 332 g/mol. The van der Waals surface area contributed by atoms with Crippen LogP contribution in [-0.2, 0) is 0 Å². The summed E-state index contributed by atoms with van der Waals surface area (Å²) in [5, 5.41) is 47.9. The van der Waals surface area contributed by atoms with E-state index in [0.29, 0.717) is 21.1 Å². The van der Waals surface area contributed by atoms with E-state index in [4.69, 9.17) is 0 Å². The Labute approximate surface area is 134 Å². The molecule has 1 aromatic heterocycles. The first-order chi connectivity index (χ1) is 11.1. The molecule has 0 aliphatic heterocycles. The molecule has 4 N–H and O–H groups in total. The third-order valence-corrected chi connectivity index (χ3v) is 4.19. The fourth-order valence-corrected chi connectivity index (χ4v) is 3.08. The van der Waals surface area contributed by atoms with Gasteiger partial charge in [-0.2, -0.15) is 10.5 Å². The second-order valence-corrected chi connectivity index (χ2v) is 5.59. The zero-order valence-electron chi connectivity index (χ0n) is 11.6. The molecule has 3 aromatic rings. The topological polar surface area (TPSA) is 121 Å². The van der Waals surface area contributed by atoms with Crippen LogP contribution in [0.25, 0.3) is 21.1 Å². The van der Waals surface area contributed by atoms with E-state index in [1.165, 1.54) is 12.1 Å². The van der Waals surface area contributed by atoms with Gasteiger partial charge in [0.1, 0.15) is 0 Å². The molecule has 1 heterocycles. The lowest BCUT2D eigenvalue weighted by Crippen LogP contribution is -2.99. The SMILES string of the molecule is [O-][NH+](O)c1ccccc1-c1nnc(-c2ccccc2[NH+]([O-])O)s1. The summed E-state index contributed by atoms with van der Waals surface area (Å²) in [7, 11) is 0. The minimum Gasteiger partial charge on any atom is -0.595 e. The van der Waals surface area contributed by atoms with E-state index in [1.54, 1.807) is 36.4 Å². The lowest BCUT2D eigenvalue weighted by atomic mass is 10.2. The lowest BCUT2D eigenvalue weighted by Gasteiger charge is -2.14. The Morgan fingerprint density at radius 3 is 1.52 bits per heavy atom. The normalized spacial score (nSPS) is 13.7. The van der Waals surface area contributed by atoms with Crippen LogP contribution in [-0.4, -0.2) is 20.6 Å². The van der Waals surface area contributed by atoms with Crippen LogP contribution in [0.1, 0.15) is 0 Å². The van der Waals surface area contributed by atoms with Crippen molar-refractivity contribution in [3.05, 3.63) is 58.9 Å². The van der Waals surface area contributed by atoms with Crippen LogP contribution in [0.3, 0.4) is 0 Å². The van der Waals surface area contributed by atoms with Crippen molar-refractivity contribution >= 4 is 22.7 Å². The van der Waals surface area contributed by atoms with Gasteiger partial charge >= 0.3 is 0 Å². The Kier molecular flexibility index (Phi) is 4.41. The van der Waals surface area contributed by atoms with E-state index in [9.17, 15) is 20.8 Å². The van der Waals surface area contributed by atoms with E-state index in [1.807, 2.05) is 0 Å². The number of nitrogens with one attached hydrogen (secondary N) is 2. The van der Waals surface area contributed by atoms with E-state index in [0.717, 1.165) is 11.3 Å². The van der Waals surface area contributed by atoms with Gasteiger partial charge in [-0.15, -0.1) is 10.2 Å². The van der Waals surface area contributed by atoms with Crippen molar-refractivity contribution in [3.8, 4) is 21.1 Å². The molecule has 0 amide bonds. The Hall–Kier alpha value is -2.24. The number of quaternary nitrogens is 2. The molecule has 0 spiro atoms. The molecule has 2 aromatic carbocycles. The number of hydrogen-bond donors (Lipinski definition) is 4. The van der Waals surface area contributed by atoms with Gasteiger partial charge in [-0.05, 0) is 12.1 Å². The van der Waals surface area contributed by atoms with Crippen molar-refractivity contribution in [2.75, 3.05) is 0 Å². The third-order valence-electron chi connectivity index (χ3n) is 3.20. The zero-order valence-corrected chi connectivity index (χ0v) is 12.4. The summed E-state index contributed by atoms with van der Waals surface area (Å²) >= 11 is 1.15. The lowest BCUT2D eigenvalue weighted by molar-refractivity contribution is -0.991. The van der Waals surface area contributed by atoms with Gasteiger partial charge in [0.25, 0.3) is 0 Å². The Morgan fingerprint density at radius 2 is 1.13 bits per heavy atom. The van der Waals surface area contributed by atoms with Crippen LogP contribution >= 0.6 is 11.3 Å². The maximum absolute atomic E-state index is 11.3. The molecule has 2 unspecified atom stereocenters. The van der Waals surface area contributed by atoms with E-state index >= 15 is 0 Å². The van der Waals surface area contributed by atoms with Gasteiger partial charge in [-0.3, -0.25) is 0 Å². The summed E-state index contributed by atoms with van der Waals surface area (Å²) in [5.41, 5.74) is 1.16. The maximum Gasteiger partial charge on any atom is 0.174 e. The smallest absolute Gasteiger partial charge is 0.174 e. The van der Waals surface area contributed by atoms with E-state index in [2.05, 4.69) is 10.2 Å². The van der Waals surface area contributed by atoms with E-state index in [-0.39, 0.29) is 11.4 Å². The quantitative estimate of drug-likeness (QED) is 0.521. The number of benzene rings is 2. The largest absolute Gasteiger partial charge is 0.595 e. The maximum atomic E-state index is 11.3. The van der Waals surface area contributed by atoms with Crippen molar-refractivity contribution in [2.24, 2.45) is 0 Å². The fourth-order valence-electron chi connectivity index (χ4n) is 2.15. The summed E-state index contributed by atoms with van der Waals surface area (Å²) in [6.45, 7) is 0. The highest BCUT2D eigenvalue weighted by atomic mass is 32.1. The number of para-hydroxylation sites is 2. The molecule has 2 atom stereocenters. The molecule has 3 rings (SSSR count). The van der Waals surface area contributed by atoms with Crippen molar-refractivity contribution in [1.82, 2.24) is 10.2 Å². The van der Waals surface area contributed by atoms with Crippen LogP contribution in [0, 0.1) is 10.4 Å². The predicted molar refractivity (Wildman–Crippen MR) is 82.3 cm³/mol. The molecule has 0 bridgehead atoms. The zero-order chi connectivity index (χ0) is 16.4. The molecule has 0 aliphatic carbocycles. The van der Waals surface area contributed by atoms with Crippen molar-refractivity contribution in [2.45, 2.75) is 0 Å². The number of aromatic nitrogens is 2. The second kappa shape index (κ2) is 6.48. The van der Waals surface area contributed by atoms with Crippen molar-refractivity contribution in [1.29, 1.82) is 0 Å². The highest BCUT2D eigenvalue weighted by Gasteiger charge is 2.18. The highest BCUT2D eigenvalue weighted by Crippen LogP contribution is 2.34. The van der Waals surface area contributed by atoms with Gasteiger partial charge in [0, 0.05) is 12.1 Å². The fraction of sp³-hybridized carbons (Fsp3) is 0. The Balaban J connectivity index is 2.06. The standard InChI is InChI=1S/C14H12N4O4S/c19-17(20)11-7-3-1-5-9(11)13-15-16-14(23-13)10-6-2-4-8-12(10)18(21)22/h1-8,17-19,21H. The van der Waals surface area contributed by atoms with Gasteiger partial charge < -0.3 is 10.4 Å². The molecule has 0 fully saturated rings. The van der Waals surface area contributed by atoms with Gasteiger partial charge in [-0.25, -0.2) is 10.4 Å². The highest BCUT2D eigenvalue weighted by molar-refractivity contribution is 7.18.